The zero-order valence-corrected chi connectivity index (χ0v) is 14.2. The lowest BCUT2D eigenvalue weighted by atomic mass is 10.2. The highest BCUT2D eigenvalue weighted by atomic mass is 35.5. The van der Waals surface area contributed by atoms with Crippen LogP contribution < -0.4 is 12.4 Å². The second kappa shape index (κ2) is 7.30. The quantitative estimate of drug-likeness (QED) is 0.635. The minimum Gasteiger partial charge on any atom is -1.00 e. The number of benzene rings is 2. The van der Waals surface area contributed by atoms with Gasteiger partial charge in [0.15, 0.2) is 0 Å². The van der Waals surface area contributed by atoms with E-state index in [1.165, 1.54) is 21.8 Å². The third-order valence-electron chi connectivity index (χ3n) is 3.35. The Morgan fingerprint density at radius 2 is 1.18 bits per heavy atom. The molecule has 0 unspecified atom stereocenters. The van der Waals surface area contributed by atoms with Crippen LogP contribution in [0.3, 0.4) is 0 Å². The van der Waals surface area contributed by atoms with E-state index in [2.05, 4.69) is 87.4 Å². The van der Waals surface area contributed by atoms with Gasteiger partial charge in [-0.25, -0.2) is 0 Å². The number of hydrogen-bond donors (Lipinski definition) is 0. The summed E-state index contributed by atoms with van der Waals surface area (Å²) in [5.74, 6) is 0. The number of aromatic nitrogens is 1. The number of quaternary nitrogens is 1. The predicted molar refractivity (Wildman–Crippen MR) is 94.1 cm³/mol. The topological polar surface area (TPSA) is 4.93 Å². The molecule has 2 nitrogen and oxygen atoms in total. The van der Waals surface area contributed by atoms with Crippen molar-refractivity contribution in [1.82, 2.24) is 4.57 Å². The molecule has 0 aliphatic carbocycles. The Morgan fingerprint density at radius 3 is 1.50 bits per heavy atom. The van der Waals surface area contributed by atoms with E-state index >= 15 is 0 Å². The zero-order chi connectivity index (χ0) is 15.5. The van der Waals surface area contributed by atoms with E-state index < -0.39 is 0 Å². The fourth-order valence-electron chi connectivity index (χ4n) is 2.15. The van der Waals surface area contributed by atoms with E-state index in [-0.39, 0.29) is 12.4 Å². The average molecular weight is 315 g/mol. The number of halogens is 1. The highest BCUT2D eigenvalue weighted by Gasteiger charge is 2.06. The van der Waals surface area contributed by atoms with E-state index in [9.17, 15) is 0 Å². The van der Waals surface area contributed by atoms with Crippen LogP contribution in [-0.2, 0) is 0 Å². The molecule has 3 rings (SSSR count). The lowest BCUT2D eigenvalue weighted by Gasteiger charge is -2.15. The van der Waals surface area contributed by atoms with Crippen molar-refractivity contribution in [3.05, 3.63) is 67.9 Å². The standard InChI is InChI=1S/C14H11N.C5H12N.ClH/c1-2-15-13-9-5-3-7-11(13)12-8-4-6-10-14(12)15;1-5-6(2,3)4;/h2-10H,1H2;5H,1H2,2-4H3;1H/q;+1;/p-1. The normalized spacial score (nSPS) is 10.5. The van der Waals surface area contributed by atoms with Gasteiger partial charge in [-0.2, -0.15) is 0 Å². The maximum atomic E-state index is 3.87. The van der Waals surface area contributed by atoms with Crippen molar-refractivity contribution in [2.24, 2.45) is 0 Å². The first-order valence-electron chi connectivity index (χ1n) is 7.03. The SMILES string of the molecule is C=C[N+](C)(C)C.C=Cn1c2ccccc2c2ccccc21.[Cl-]. The smallest absolute Gasteiger partial charge is 0.0879 e. The Bertz CT molecular complexity index is 726. The number of rotatable bonds is 2. The van der Waals surface area contributed by atoms with Crippen molar-refractivity contribution >= 4 is 28.0 Å². The van der Waals surface area contributed by atoms with Crippen molar-refractivity contribution in [3.63, 3.8) is 0 Å². The molecule has 0 radical (unpaired) electrons. The van der Waals surface area contributed by atoms with Crippen molar-refractivity contribution in [2.45, 2.75) is 0 Å². The van der Waals surface area contributed by atoms with Gasteiger partial charge in [0, 0.05) is 17.0 Å². The summed E-state index contributed by atoms with van der Waals surface area (Å²) in [4.78, 5) is 0. The largest absolute Gasteiger partial charge is 1.00 e. The van der Waals surface area contributed by atoms with Crippen LogP contribution in [0.25, 0.3) is 28.0 Å². The molecule has 0 saturated carbocycles. The first-order valence-corrected chi connectivity index (χ1v) is 7.03. The second-order valence-corrected chi connectivity index (χ2v) is 5.89. The second-order valence-electron chi connectivity index (χ2n) is 5.89. The molecular formula is C19H23ClN2. The van der Waals surface area contributed by atoms with Gasteiger partial charge in [0.05, 0.1) is 38.4 Å². The van der Waals surface area contributed by atoms with Crippen LogP contribution in [-0.4, -0.2) is 30.2 Å². The van der Waals surface area contributed by atoms with E-state index in [0.29, 0.717) is 0 Å². The van der Waals surface area contributed by atoms with Gasteiger partial charge in [0.25, 0.3) is 0 Å². The molecule has 3 aromatic rings. The van der Waals surface area contributed by atoms with Gasteiger partial charge in [0.2, 0.25) is 0 Å². The van der Waals surface area contributed by atoms with Crippen LogP contribution >= 0.6 is 0 Å². The van der Waals surface area contributed by atoms with Gasteiger partial charge < -0.3 is 21.5 Å². The highest BCUT2D eigenvalue weighted by molar-refractivity contribution is 6.09. The Kier molecular flexibility index (Phi) is 5.98. The van der Waals surface area contributed by atoms with Crippen LogP contribution in [0.15, 0.2) is 67.9 Å². The van der Waals surface area contributed by atoms with E-state index in [1.807, 2.05) is 12.4 Å². The van der Waals surface area contributed by atoms with Gasteiger partial charge in [0.1, 0.15) is 0 Å². The maximum absolute atomic E-state index is 3.87. The van der Waals surface area contributed by atoms with E-state index in [0.717, 1.165) is 4.48 Å². The van der Waals surface area contributed by atoms with E-state index in [1.54, 1.807) is 0 Å². The van der Waals surface area contributed by atoms with Crippen LogP contribution in [0.2, 0.25) is 0 Å². The van der Waals surface area contributed by atoms with Crippen molar-refractivity contribution in [2.75, 3.05) is 21.1 Å². The minimum absolute atomic E-state index is 0. The molecule has 1 heterocycles. The molecular weight excluding hydrogens is 292 g/mol. The number of hydrogen-bond acceptors (Lipinski definition) is 0. The summed E-state index contributed by atoms with van der Waals surface area (Å²) in [6, 6.07) is 16.8. The Balaban J connectivity index is 0.000000302. The van der Waals surface area contributed by atoms with Crippen LogP contribution in [0.1, 0.15) is 0 Å². The van der Waals surface area contributed by atoms with Crippen molar-refractivity contribution in [1.29, 1.82) is 0 Å². The van der Waals surface area contributed by atoms with E-state index in [4.69, 9.17) is 0 Å². The lowest BCUT2D eigenvalue weighted by molar-refractivity contribution is -0.816. The van der Waals surface area contributed by atoms with Crippen molar-refractivity contribution in [3.8, 4) is 0 Å². The minimum atomic E-state index is 0. The van der Waals surface area contributed by atoms with Gasteiger partial charge in [-0.15, -0.1) is 0 Å². The van der Waals surface area contributed by atoms with Gasteiger partial charge in [-0.3, -0.25) is 0 Å². The Labute approximate surface area is 139 Å². The molecule has 1 aromatic heterocycles. The summed E-state index contributed by atoms with van der Waals surface area (Å²) in [6.45, 7) is 7.47. The summed E-state index contributed by atoms with van der Waals surface area (Å²) in [6.07, 6.45) is 3.74. The number of fused-ring (bicyclic) bond motifs is 3. The lowest BCUT2D eigenvalue weighted by Crippen LogP contribution is -3.00. The first-order chi connectivity index (χ1) is 9.98. The molecule has 0 N–H and O–H groups in total. The van der Waals surface area contributed by atoms with Crippen molar-refractivity contribution < 1.29 is 16.9 Å². The molecule has 0 saturated heterocycles. The van der Waals surface area contributed by atoms with Gasteiger partial charge >= 0.3 is 0 Å². The fourth-order valence-corrected chi connectivity index (χ4v) is 2.15. The average Bonchev–Trinajstić information content (AvgIpc) is 2.81. The molecule has 0 amide bonds. The molecule has 0 spiro atoms. The van der Waals surface area contributed by atoms with Crippen LogP contribution in [0.4, 0.5) is 0 Å². The first kappa shape index (κ1) is 18.0. The summed E-state index contributed by atoms with van der Waals surface area (Å²) >= 11 is 0. The molecule has 2 aromatic carbocycles. The number of nitrogens with zero attached hydrogens (tertiary/aromatic N) is 2. The molecule has 0 bridgehead atoms. The summed E-state index contributed by atoms with van der Waals surface area (Å²) in [5, 5.41) is 2.57. The molecule has 22 heavy (non-hydrogen) atoms. The summed E-state index contributed by atoms with van der Waals surface area (Å²) < 4.78 is 2.96. The maximum Gasteiger partial charge on any atom is 0.0879 e. The summed E-state index contributed by atoms with van der Waals surface area (Å²) in [5.41, 5.74) is 2.43. The molecule has 3 heteroatoms. The van der Waals surface area contributed by atoms with Gasteiger partial charge in [-0.05, 0) is 18.7 Å². The zero-order valence-electron chi connectivity index (χ0n) is 13.5. The molecule has 0 atom stereocenters. The highest BCUT2D eigenvalue weighted by Crippen LogP contribution is 2.28. The third-order valence-corrected chi connectivity index (χ3v) is 3.35. The third kappa shape index (κ3) is 3.79. The Hall–Kier alpha value is -2.03. The predicted octanol–water partition coefficient (Wildman–Crippen LogP) is 1.74. The molecule has 0 aliphatic heterocycles. The molecule has 0 fully saturated rings. The van der Waals surface area contributed by atoms with Gasteiger partial charge in [-0.1, -0.05) is 43.0 Å². The van der Waals surface area contributed by atoms with Crippen LogP contribution in [0, 0.1) is 0 Å². The van der Waals surface area contributed by atoms with Crippen LogP contribution in [0.5, 0.6) is 0 Å². The monoisotopic (exact) mass is 314 g/mol. The number of para-hydroxylation sites is 2. The fraction of sp³-hybridized carbons (Fsp3) is 0.158. The summed E-state index contributed by atoms with van der Waals surface area (Å²) in [7, 11) is 6.19. The molecule has 0 aliphatic rings. The Morgan fingerprint density at radius 1 is 0.818 bits per heavy atom. The molecule has 116 valence electrons.